The molecule has 1 fully saturated rings. The zero-order valence-electron chi connectivity index (χ0n) is 12.9. The first kappa shape index (κ1) is 17.1. The molecule has 0 spiro atoms. The van der Waals surface area contributed by atoms with Crippen LogP contribution in [0.3, 0.4) is 0 Å². The van der Waals surface area contributed by atoms with Crippen molar-refractivity contribution in [2.75, 3.05) is 24.5 Å². The van der Waals surface area contributed by atoms with Crippen LogP contribution < -0.4 is 10.2 Å². The molecular weight excluding hydrogens is 310 g/mol. The van der Waals surface area contributed by atoms with E-state index in [4.69, 9.17) is 0 Å². The zero-order valence-corrected chi connectivity index (χ0v) is 13.7. The van der Waals surface area contributed by atoms with Crippen LogP contribution in [0.15, 0.2) is 0 Å². The molecule has 0 radical (unpaired) electrons. The summed E-state index contributed by atoms with van der Waals surface area (Å²) >= 11 is 1.41. The van der Waals surface area contributed by atoms with Crippen molar-refractivity contribution in [2.24, 2.45) is 5.92 Å². The number of piperidine rings is 1. The summed E-state index contributed by atoms with van der Waals surface area (Å²) in [5, 5.41) is 3.20. The third-order valence-corrected chi connectivity index (χ3v) is 4.55. The minimum absolute atomic E-state index is 0.256. The fourth-order valence-corrected chi connectivity index (χ4v) is 3.30. The number of alkyl halides is 2. The van der Waals surface area contributed by atoms with Crippen molar-refractivity contribution in [2.45, 2.75) is 45.5 Å². The monoisotopic (exact) mass is 332 g/mol. The summed E-state index contributed by atoms with van der Waals surface area (Å²) in [5.41, 5.74) is 0. The Balaban J connectivity index is 1.76. The quantitative estimate of drug-likeness (QED) is 0.870. The fourth-order valence-electron chi connectivity index (χ4n) is 2.44. The van der Waals surface area contributed by atoms with Gasteiger partial charge in [0.05, 0.1) is 6.54 Å². The second-order valence-electron chi connectivity index (χ2n) is 5.92. The second kappa shape index (κ2) is 7.80. The number of nitrogens with zero attached hydrogens (tertiary/aromatic N) is 3. The van der Waals surface area contributed by atoms with Gasteiger partial charge in [-0.1, -0.05) is 13.8 Å². The first-order valence-electron chi connectivity index (χ1n) is 7.59. The van der Waals surface area contributed by atoms with Gasteiger partial charge in [0, 0.05) is 37.0 Å². The highest BCUT2D eigenvalue weighted by Gasteiger charge is 2.24. The lowest BCUT2D eigenvalue weighted by Gasteiger charge is -2.31. The zero-order chi connectivity index (χ0) is 16.1. The van der Waals surface area contributed by atoms with Crippen molar-refractivity contribution in [3.63, 3.8) is 0 Å². The van der Waals surface area contributed by atoms with Crippen LogP contribution in [0.2, 0.25) is 0 Å². The molecule has 124 valence electrons. The third-order valence-electron chi connectivity index (χ3n) is 3.76. The SMILES string of the molecule is CC(C)c1nsc(N2CCC(CC(=O)NCC(F)F)CC2)n1. The van der Waals surface area contributed by atoms with Crippen molar-refractivity contribution in [1.29, 1.82) is 0 Å². The minimum Gasteiger partial charge on any atom is -0.350 e. The van der Waals surface area contributed by atoms with E-state index in [1.807, 2.05) is 0 Å². The van der Waals surface area contributed by atoms with Crippen LogP contribution in [0.25, 0.3) is 0 Å². The number of hydrogen-bond donors (Lipinski definition) is 1. The van der Waals surface area contributed by atoms with Gasteiger partial charge in [-0.3, -0.25) is 4.79 Å². The molecule has 1 aliphatic rings. The number of hydrogen-bond acceptors (Lipinski definition) is 5. The van der Waals surface area contributed by atoms with Gasteiger partial charge in [0.25, 0.3) is 6.43 Å². The minimum atomic E-state index is -2.49. The highest BCUT2D eigenvalue weighted by Crippen LogP contribution is 2.27. The van der Waals surface area contributed by atoms with Gasteiger partial charge in [0.2, 0.25) is 11.0 Å². The van der Waals surface area contributed by atoms with Gasteiger partial charge >= 0.3 is 0 Å². The molecule has 0 bridgehead atoms. The predicted octanol–water partition coefficient (Wildman–Crippen LogP) is 2.65. The molecular formula is C14H22F2N4OS. The lowest BCUT2D eigenvalue weighted by Crippen LogP contribution is -2.36. The number of carbonyl (C=O) groups is 1. The van der Waals surface area contributed by atoms with Crippen LogP contribution in [0.5, 0.6) is 0 Å². The van der Waals surface area contributed by atoms with Crippen LogP contribution >= 0.6 is 11.5 Å². The lowest BCUT2D eigenvalue weighted by molar-refractivity contribution is -0.122. The van der Waals surface area contributed by atoms with Crippen molar-refractivity contribution >= 4 is 22.6 Å². The van der Waals surface area contributed by atoms with Gasteiger partial charge in [-0.05, 0) is 18.8 Å². The Kier molecular flexibility index (Phi) is 6.05. The van der Waals surface area contributed by atoms with Gasteiger partial charge < -0.3 is 10.2 Å². The van der Waals surface area contributed by atoms with Crippen molar-refractivity contribution in [3.8, 4) is 0 Å². The topological polar surface area (TPSA) is 58.1 Å². The predicted molar refractivity (Wildman–Crippen MR) is 82.6 cm³/mol. The standard InChI is InChI=1S/C14H22F2N4OS/c1-9(2)13-18-14(22-19-13)20-5-3-10(4-6-20)7-12(21)17-8-11(15)16/h9-11H,3-8H2,1-2H3,(H,17,21). The Bertz CT molecular complexity index is 487. The molecule has 0 aliphatic carbocycles. The highest BCUT2D eigenvalue weighted by molar-refractivity contribution is 7.09. The summed E-state index contributed by atoms with van der Waals surface area (Å²) in [6, 6.07) is 0. The summed E-state index contributed by atoms with van der Waals surface area (Å²) in [6.45, 7) is 5.24. The summed E-state index contributed by atoms with van der Waals surface area (Å²) in [7, 11) is 0. The molecule has 1 aromatic rings. The number of rotatable bonds is 6. The number of anilines is 1. The maximum absolute atomic E-state index is 12.0. The molecule has 1 saturated heterocycles. The van der Waals surface area contributed by atoms with Crippen LogP contribution in [-0.4, -0.2) is 41.3 Å². The molecule has 0 unspecified atom stereocenters. The molecule has 2 heterocycles. The fraction of sp³-hybridized carbons (Fsp3) is 0.786. The normalized spacial score (nSPS) is 16.5. The number of amides is 1. The first-order chi connectivity index (χ1) is 10.5. The number of carbonyl (C=O) groups excluding carboxylic acids is 1. The lowest BCUT2D eigenvalue weighted by atomic mass is 9.93. The van der Waals surface area contributed by atoms with Gasteiger partial charge in [0.15, 0.2) is 0 Å². The summed E-state index contributed by atoms with van der Waals surface area (Å²) in [4.78, 5) is 18.3. The molecule has 5 nitrogen and oxygen atoms in total. The smallest absolute Gasteiger partial charge is 0.255 e. The molecule has 0 atom stereocenters. The van der Waals surface area contributed by atoms with E-state index >= 15 is 0 Å². The summed E-state index contributed by atoms with van der Waals surface area (Å²) < 4.78 is 28.4. The average Bonchev–Trinajstić information content (AvgIpc) is 2.96. The van der Waals surface area contributed by atoms with Crippen molar-refractivity contribution in [3.05, 3.63) is 5.82 Å². The second-order valence-corrected chi connectivity index (χ2v) is 6.65. The number of nitrogens with one attached hydrogen (secondary N) is 1. The van der Waals surface area contributed by atoms with E-state index in [2.05, 4.69) is 33.4 Å². The highest BCUT2D eigenvalue weighted by atomic mass is 32.1. The van der Waals surface area contributed by atoms with Gasteiger partial charge in [-0.2, -0.15) is 4.37 Å². The molecule has 1 aliphatic heterocycles. The molecule has 2 rings (SSSR count). The molecule has 0 aromatic carbocycles. The van der Waals surface area contributed by atoms with E-state index in [1.165, 1.54) is 11.5 Å². The molecule has 1 amide bonds. The van der Waals surface area contributed by atoms with Crippen LogP contribution in [0.4, 0.5) is 13.9 Å². The van der Waals surface area contributed by atoms with E-state index < -0.39 is 13.0 Å². The van der Waals surface area contributed by atoms with E-state index in [-0.39, 0.29) is 11.8 Å². The van der Waals surface area contributed by atoms with Crippen molar-refractivity contribution in [1.82, 2.24) is 14.7 Å². The Labute approximate surface area is 133 Å². The average molecular weight is 332 g/mol. The molecule has 0 saturated carbocycles. The van der Waals surface area contributed by atoms with Gasteiger partial charge in [0.1, 0.15) is 5.82 Å². The molecule has 22 heavy (non-hydrogen) atoms. The Morgan fingerprint density at radius 2 is 2.09 bits per heavy atom. The van der Waals surface area contributed by atoms with E-state index in [0.29, 0.717) is 12.3 Å². The number of halogens is 2. The van der Waals surface area contributed by atoms with Crippen LogP contribution in [0.1, 0.15) is 44.9 Å². The summed E-state index contributed by atoms with van der Waals surface area (Å²) in [5.74, 6) is 1.16. The third kappa shape index (κ3) is 4.86. The largest absolute Gasteiger partial charge is 0.350 e. The maximum Gasteiger partial charge on any atom is 0.255 e. The number of aromatic nitrogens is 2. The summed E-state index contributed by atoms with van der Waals surface area (Å²) in [6.07, 6.45) is -0.413. The Hall–Kier alpha value is -1.31. The van der Waals surface area contributed by atoms with Crippen molar-refractivity contribution < 1.29 is 13.6 Å². The molecule has 1 N–H and O–H groups in total. The first-order valence-corrected chi connectivity index (χ1v) is 8.36. The van der Waals surface area contributed by atoms with E-state index in [0.717, 1.165) is 36.9 Å². The van der Waals surface area contributed by atoms with Crippen LogP contribution in [0, 0.1) is 5.92 Å². The Morgan fingerprint density at radius 1 is 1.41 bits per heavy atom. The maximum atomic E-state index is 12.0. The Morgan fingerprint density at radius 3 is 2.64 bits per heavy atom. The molecule has 1 aromatic heterocycles. The van der Waals surface area contributed by atoms with E-state index in [9.17, 15) is 13.6 Å². The molecule has 8 heteroatoms. The van der Waals surface area contributed by atoms with Crippen LogP contribution in [-0.2, 0) is 4.79 Å². The van der Waals surface area contributed by atoms with E-state index in [1.54, 1.807) is 0 Å². The van der Waals surface area contributed by atoms with Gasteiger partial charge in [-0.25, -0.2) is 13.8 Å². The van der Waals surface area contributed by atoms with Gasteiger partial charge in [-0.15, -0.1) is 0 Å².